The highest BCUT2D eigenvalue weighted by molar-refractivity contribution is 6.31. The Labute approximate surface area is 119 Å². The lowest BCUT2D eigenvalue weighted by molar-refractivity contribution is 0.463. The van der Waals surface area contributed by atoms with E-state index in [1.54, 1.807) is 0 Å². The van der Waals surface area contributed by atoms with E-state index in [-0.39, 0.29) is 29.0 Å². The van der Waals surface area contributed by atoms with Crippen molar-refractivity contribution in [3.63, 3.8) is 0 Å². The van der Waals surface area contributed by atoms with E-state index in [0.29, 0.717) is 11.3 Å². The first-order valence-corrected chi connectivity index (χ1v) is 5.20. The number of benzene rings is 1. The first kappa shape index (κ1) is 14.8. The Bertz CT molecular complexity index is 694. The molecule has 0 aliphatic carbocycles. The van der Waals surface area contributed by atoms with Crippen molar-refractivity contribution in [2.75, 3.05) is 5.73 Å². The number of ether oxygens (including phenoxy) is 1. The molecule has 0 amide bonds. The molecular weight excluding hydrogens is 291 g/mol. The van der Waals surface area contributed by atoms with Crippen LogP contribution in [0.5, 0.6) is 11.6 Å². The summed E-state index contributed by atoms with van der Waals surface area (Å²) in [6.45, 7) is 0. The number of anilines is 1. The third-order valence-electron chi connectivity index (χ3n) is 2.13. The maximum Gasteiger partial charge on any atom is 0.277 e. The van der Waals surface area contributed by atoms with Gasteiger partial charge in [-0.3, -0.25) is 4.79 Å². The van der Waals surface area contributed by atoms with Gasteiger partial charge in [-0.05, 0) is 12.1 Å². The van der Waals surface area contributed by atoms with Gasteiger partial charge in [-0.25, -0.2) is 4.98 Å². The van der Waals surface area contributed by atoms with Crippen LogP contribution in [0.1, 0.15) is 5.56 Å². The number of hydrogen-bond acceptors (Lipinski definition) is 5. The van der Waals surface area contributed by atoms with Crippen molar-refractivity contribution in [1.82, 2.24) is 9.97 Å². The van der Waals surface area contributed by atoms with Gasteiger partial charge < -0.3 is 15.5 Å². The summed E-state index contributed by atoms with van der Waals surface area (Å²) in [5.41, 5.74) is 5.22. The van der Waals surface area contributed by atoms with Crippen molar-refractivity contribution in [3.8, 4) is 17.7 Å². The number of hydrogen-bond donors (Lipinski definition) is 2. The third kappa shape index (κ3) is 3.16. The Morgan fingerprint density at radius 3 is 2.84 bits per heavy atom. The molecule has 1 aromatic carbocycles. The second-order valence-corrected chi connectivity index (χ2v) is 3.71. The molecule has 2 aromatic rings. The smallest absolute Gasteiger partial charge is 0.277 e. The lowest BCUT2D eigenvalue weighted by Gasteiger charge is -2.06. The van der Waals surface area contributed by atoms with Crippen LogP contribution in [0.2, 0.25) is 5.02 Å². The number of rotatable bonds is 2. The number of nitrogens with two attached hydrogens (primary N) is 1. The number of H-pyrrole nitrogens is 1. The summed E-state index contributed by atoms with van der Waals surface area (Å²) in [6, 6.07) is 6.41. The molecule has 0 aliphatic rings. The molecule has 0 spiro atoms. The largest absolute Gasteiger partial charge is 0.437 e. The zero-order chi connectivity index (χ0) is 13.1. The van der Waals surface area contributed by atoms with Gasteiger partial charge in [0, 0.05) is 6.07 Å². The number of nitriles is 1. The van der Waals surface area contributed by atoms with Gasteiger partial charge >= 0.3 is 0 Å². The predicted octanol–water partition coefficient (Wildman–Crippen LogP) is 2.09. The fourth-order valence-electron chi connectivity index (χ4n) is 1.24. The monoisotopic (exact) mass is 298 g/mol. The molecular formula is C11H8Cl2N4O2. The zero-order valence-electron chi connectivity index (χ0n) is 9.38. The van der Waals surface area contributed by atoms with E-state index in [2.05, 4.69) is 9.97 Å². The molecule has 0 bridgehead atoms. The summed E-state index contributed by atoms with van der Waals surface area (Å²) >= 11 is 5.84. The van der Waals surface area contributed by atoms with Crippen LogP contribution in [0.3, 0.4) is 0 Å². The molecule has 0 atom stereocenters. The predicted molar refractivity (Wildman–Crippen MR) is 72.8 cm³/mol. The number of nitrogens with one attached hydrogen (secondary N) is 1. The lowest BCUT2D eigenvalue weighted by atomic mass is 10.2. The fourth-order valence-corrected chi connectivity index (χ4v) is 1.45. The molecule has 2 rings (SSSR count). The number of aromatic amines is 1. The van der Waals surface area contributed by atoms with Crippen LogP contribution in [0.4, 0.5) is 5.69 Å². The summed E-state index contributed by atoms with van der Waals surface area (Å²) in [4.78, 5) is 17.3. The highest BCUT2D eigenvalue weighted by Crippen LogP contribution is 2.26. The maximum absolute atomic E-state index is 11.2. The van der Waals surface area contributed by atoms with Crippen molar-refractivity contribution in [2.45, 2.75) is 0 Å². The Morgan fingerprint density at radius 2 is 2.21 bits per heavy atom. The number of halogens is 2. The van der Waals surface area contributed by atoms with Crippen molar-refractivity contribution >= 4 is 29.7 Å². The van der Waals surface area contributed by atoms with Gasteiger partial charge in [0.2, 0.25) is 5.88 Å². The molecule has 0 fully saturated rings. The molecule has 0 saturated heterocycles. The summed E-state index contributed by atoms with van der Waals surface area (Å²) in [5.74, 6) is 0.323. The summed E-state index contributed by atoms with van der Waals surface area (Å²) in [7, 11) is 0. The molecule has 98 valence electrons. The third-order valence-corrected chi connectivity index (χ3v) is 2.44. The Kier molecular flexibility index (Phi) is 4.75. The van der Waals surface area contributed by atoms with E-state index < -0.39 is 5.56 Å². The van der Waals surface area contributed by atoms with Gasteiger partial charge in [0.15, 0.2) is 5.69 Å². The van der Waals surface area contributed by atoms with Crippen molar-refractivity contribution in [3.05, 3.63) is 45.5 Å². The van der Waals surface area contributed by atoms with Gasteiger partial charge in [0.1, 0.15) is 11.8 Å². The SMILES string of the molecule is Cl.N#Cc1ccc(Oc2nc[nH]c(=O)c2N)cc1Cl. The van der Waals surface area contributed by atoms with E-state index in [4.69, 9.17) is 27.3 Å². The van der Waals surface area contributed by atoms with Crippen LogP contribution >= 0.6 is 24.0 Å². The van der Waals surface area contributed by atoms with Crippen LogP contribution in [-0.4, -0.2) is 9.97 Å². The average molecular weight is 299 g/mol. The minimum Gasteiger partial charge on any atom is -0.437 e. The molecule has 19 heavy (non-hydrogen) atoms. The molecule has 6 nitrogen and oxygen atoms in total. The van der Waals surface area contributed by atoms with Gasteiger partial charge in [-0.2, -0.15) is 5.26 Å². The number of nitrogens with zero attached hydrogens (tertiary/aromatic N) is 2. The molecule has 1 heterocycles. The minimum atomic E-state index is -0.486. The highest BCUT2D eigenvalue weighted by Gasteiger charge is 2.08. The van der Waals surface area contributed by atoms with Gasteiger partial charge in [-0.15, -0.1) is 12.4 Å². The van der Waals surface area contributed by atoms with E-state index >= 15 is 0 Å². The van der Waals surface area contributed by atoms with Crippen LogP contribution in [0, 0.1) is 11.3 Å². The normalized spacial score (nSPS) is 9.26. The molecule has 0 radical (unpaired) electrons. The second kappa shape index (κ2) is 6.09. The summed E-state index contributed by atoms with van der Waals surface area (Å²) in [5, 5.41) is 8.98. The maximum atomic E-state index is 11.2. The molecule has 3 N–H and O–H groups in total. The molecule has 0 unspecified atom stereocenters. The average Bonchev–Trinajstić information content (AvgIpc) is 2.35. The van der Waals surface area contributed by atoms with Crippen molar-refractivity contribution in [2.24, 2.45) is 0 Å². The van der Waals surface area contributed by atoms with Crippen LogP contribution in [0.25, 0.3) is 0 Å². The van der Waals surface area contributed by atoms with E-state index in [9.17, 15) is 4.79 Å². The summed E-state index contributed by atoms with van der Waals surface area (Å²) < 4.78 is 5.32. The Balaban J connectivity index is 0.00000180. The van der Waals surface area contributed by atoms with E-state index in [1.165, 1.54) is 24.5 Å². The first-order valence-electron chi connectivity index (χ1n) is 4.82. The summed E-state index contributed by atoms with van der Waals surface area (Å²) in [6.07, 6.45) is 1.18. The minimum absolute atomic E-state index is 0. The van der Waals surface area contributed by atoms with Crippen molar-refractivity contribution in [1.29, 1.82) is 5.26 Å². The molecule has 1 aromatic heterocycles. The van der Waals surface area contributed by atoms with Crippen molar-refractivity contribution < 1.29 is 4.74 Å². The highest BCUT2D eigenvalue weighted by atomic mass is 35.5. The Morgan fingerprint density at radius 1 is 1.47 bits per heavy atom. The molecule has 8 heteroatoms. The fraction of sp³-hybridized carbons (Fsp3) is 0. The second-order valence-electron chi connectivity index (χ2n) is 3.31. The Hall–Kier alpha value is -2.23. The first-order chi connectivity index (χ1) is 8.61. The van der Waals surface area contributed by atoms with Crippen LogP contribution < -0.4 is 16.0 Å². The quantitative estimate of drug-likeness (QED) is 0.883. The van der Waals surface area contributed by atoms with Gasteiger partial charge in [0.05, 0.1) is 16.9 Å². The number of aromatic nitrogens is 2. The van der Waals surface area contributed by atoms with E-state index in [0.717, 1.165) is 0 Å². The van der Waals surface area contributed by atoms with E-state index in [1.807, 2.05) is 6.07 Å². The molecule has 0 aliphatic heterocycles. The number of nitrogen functional groups attached to an aromatic ring is 1. The topological polar surface area (TPSA) is 105 Å². The van der Waals surface area contributed by atoms with Crippen LogP contribution in [-0.2, 0) is 0 Å². The van der Waals surface area contributed by atoms with Gasteiger partial charge in [0.25, 0.3) is 5.56 Å². The molecule has 0 saturated carbocycles. The van der Waals surface area contributed by atoms with Gasteiger partial charge in [-0.1, -0.05) is 11.6 Å². The van der Waals surface area contributed by atoms with Crippen LogP contribution in [0.15, 0.2) is 29.3 Å². The zero-order valence-corrected chi connectivity index (χ0v) is 11.0. The standard InChI is InChI=1S/C11H7ClN4O2.ClH/c12-8-3-7(2-1-6(8)4-13)18-11-9(14)10(17)15-5-16-11;/h1-3,5H,14H2,(H,15,16,17);1H. The lowest BCUT2D eigenvalue weighted by Crippen LogP contribution is -2.13.